The maximum absolute atomic E-state index is 13.0. The zero-order chi connectivity index (χ0) is 22.1. The molecule has 0 spiro atoms. The number of hydrogen-bond donors (Lipinski definition) is 1. The number of aryl methyl sites for hydroxylation is 2. The molecule has 1 saturated heterocycles. The molecule has 30 heavy (non-hydrogen) atoms. The lowest BCUT2D eigenvalue weighted by Crippen LogP contribution is -2.35. The van der Waals surface area contributed by atoms with Crippen molar-refractivity contribution in [3.63, 3.8) is 0 Å². The Hall–Kier alpha value is -2.83. The van der Waals surface area contributed by atoms with E-state index in [9.17, 15) is 23.3 Å². The van der Waals surface area contributed by atoms with Crippen molar-refractivity contribution >= 4 is 21.6 Å². The van der Waals surface area contributed by atoms with Crippen molar-refractivity contribution in [2.24, 2.45) is 5.73 Å². The molecular weight excluding hydrogens is 414 g/mol. The normalized spacial score (nSPS) is 16.3. The van der Waals surface area contributed by atoms with Crippen LogP contribution < -0.4 is 5.73 Å². The topological polar surface area (TPSA) is 153 Å². The van der Waals surface area contributed by atoms with Crippen LogP contribution in [0.15, 0.2) is 27.6 Å². The van der Waals surface area contributed by atoms with Crippen LogP contribution in [0.25, 0.3) is 0 Å². The highest BCUT2D eigenvalue weighted by Crippen LogP contribution is 2.26. The Morgan fingerprint density at radius 2 is 2.00 bits per heavy atom. The van der Waals surface area contributed by atoms with E-state index >= 15 is 0 Å². The molecule has 0 aliphatic carbocycles. The fourth-order valence-electron chi connectivity index (χ4n) is 3.58. The van der Waals surface area contributed by atoms with Crippen LogP contribution in [0.2, 0.25) is 0 Å². The number of hydrogen-bond acceptors (Lipinski definition) is 8. The number of nitro groups is 1. The number of rotatable bonds is 6. The van der Waals surface area contributed by atoms with Gasteiger partial charge >= 0.3 is 0 Å². The Labute approximate surface area is 173 Å². The Morgan fingerprint density at radius 1 is 1.27 bits per heavy atom. The standard InChI is InChI=1S/C18H23N5O6S/c1-12-17(13(2)29-20-12)30(27,28)22-7-3-6-21(8-9-22)11-15-5-4-14(18(19)24)10-16(15)23(25)26/h4-5,10H,3,6-9,11H2,1-2H3,(H2,19,24). The zero-order valence-corrected chi connectivity index (χ0v) is 17.5. The lowest BCUT2D eigenvalue weighted by Gasteiger charge is -2.21. The van der Waals surface area contributed by atoms with Gasteiger partial charge in [0.25, 0.3) is 5.69 Å². The summed E-state index contributed by atoms with van der Waals surface area (Å²) in [5.74, 6) is -0.488. The van der Waals surface area contributed by atoms with E-state index < -0.39 is 20.9 Å². The van der Waals surface area contributed by atoms with Gasteiger partial charge in [-0.15, -0.1) is 0 Å². The monoisotopic (exact) mass is 437 g/mol. The van der Waals surface area contributed by atoms with Crippen molar-refractivity contribution in [2.45, 2.75) is 31.7 Å². The van der Waals surface area contributed by atoms with E-state index in [-0.39, 0.29) is 35.0 Å². The van der Waals surface area contributed by atoms with Crippen molar-refractivity contribution in [2.75, 3.05) is 26.2 Å². The van der Waals surface area contributed by atoms with Crippen LogP contribution in [-0.4, -0.2) is 59.8 Å². The molecular formula is C18H23N5O6S. The summed E-state index contributed by atoms with van der Waals surface area (Å²) in [4.78, 5) is 24.2. The first-order valence-corrected chi connectivity index (χ1v) is 10.8. The van der Waals surface area contributed by atoms with E-state index in [0.29, 0.717) is 37.3 Å². The summed E-state index contributed by atoms with van der Waals surface area (Å²) < 4.78 is 32.4. The quantitative estimate of drug-likeness (QED) is 0.522. The molecule has 2 aromatic rings. The maximum atomic E-state index is 13.0. The third-order valence-corrected chi connectivity index (χ3v) is 7.22. The van der Waals surface area contributed by atoms with Gasteiger partial charge in [-0.3, -0.25) is 19.8 Å². The SMILES string of the molecule is Cc1noc(C)c1S(=O)(=O)N1CCCN(Cc2ccc(C(N)=O)cc2[N+](=O)[O-])CC1. The van der Waals surface area contributed by atoms with Crippen LogP contribution in [0.1, 0.15) is 33.8 Å². The van der Waals surface area contributed by atoms with Crippen molar-refractivity contribution in [3.05, 3.63) is 50.9 Å². The molecule has 0 bridgehead atoms. The molecule has 11 nitrogen and oxygen atoms in total. The van der Waals surface area contributed by atoms with E-state index in [1.165, 1.54) is 22.5 Å². The number of sulfonamides is 1. The van der Waals surface area contributed by atoms with Gasteiger partial charge < -0.3 is 10.3 Å². The number of aromatic nitrogens is 1. The van der Waals surface area contributed by atoms with Crippen LogP contribution in [0.3, 0.4) is 0 Å². The number of carbonyl (C=O) groups excluding carboxylic acids is 1. The summed E-state index contributed by atoms with van der Waals surface area (Å²) in [6, 6.07) is 4.14. The maximum Gasteiger partial charge on any atom is 0.274 e. The molecule has 162 valence electrons. The smallest absolute Gasteiger partial charge is 0.274 e. The van der Waals surface area contributed by atoms with Gasteiger partial charge in [0.2, 0.25) is 15.9 Å². The van der Waals surface area contributed by atoms with E-state index in [1.807, 2.05) is 4.90 Å². The lowest BCUT2D eigenvalue weighted by atomic mass is 10.1. The molecule has 1 fully saturated rings. The molecule has 1 aliphatic heterocycles. The summed E-state index contributed by atoms with van der Waals surface area (Å²) in [7, 11) is -3.75. The Balaban J connectivity index is 1.77. The van der Waals surface area contributed by atoms with Crippen LogP contribution in [0.4, 0.5) is 5.69 Å². The van der Waals surface area contributed by atoms with Gasteiger partial charge in [-0.25, -0.2) is 8.42 Å². The Morgan fingerprint density at radius 3 is 2.60 bits per heavy atom. The molecule has 0 saturated carbocycles. The fourth-order valence-corrected chi connectivity index (χ4v) is 5.34. The first-order valence-electron chi connectivity index (χ1n) is 9.33. The van der Waals surface area contributed by atoms with E-state index in [2.05, 4.69) is 5.16 Å². The van der Waals surface area contributed by atoms with Gasteiger partial charge in [0.15, 0.2) is 5.76 Å². The van der Waals surface area contributed by atoms with Crippen molar-refractivity contribution in [3.8, 4) is 0 Å². The fraction of sp³-hybridized carbons (Fsp3) is 0.444. The lowest BCUT2D eigenvalue weighted by molar-refractivity contribution is -0.385. The summed E-state index contributed by atoms with van der Waals surface area (Å²) in [5.41, 5.74) is 5.85. The first-order chi connectivity index (χ1) is 14.1. The summed E-state index contributed by atoms with van der Waals surface area (Å²) in [6.07, 6.45) is 0.565. The summed E-state index contributed by atoms with van der Waals surface area (Å²) in [5, 5.41) is 15.1. The van der Waals surface area contributed by atoms with Gasteiger partial charge in [-0.2, -0.15) is 4.31 Å². The second-order valence-corrected chi connectivity index (χ2v) is 9.03. The summed E-state index contributed by atoms with van der Waals surface area (Å²) in [6.45, 7) is 4.94. The van der Waals surface area contributed by atoms with Gasteiger partial charge in [0.1, 0.15) is 10.6 Å². The van der Waals surface area contributed by atoms with Crippen LogP contribution >= 0.6 is 0 Å². The second-order valence-electron chi connectivity index (χ2n) is 7.15. The number of carbonyl (C=O) groups is 1. The van der Waals surface area contributed by atoms with E-state index in [0.717, 1.165) is 0 Å². The molecule has 2 heterocycles. The number of benzene rings is 1. The molecule has 0 unspecified atom stereocenters. The molecule has 1 amide bonds. The number of nitrogens with zero attached hydrogens (tertiary/aromatic N) is 4. The second kappa shape index (κ2) is 8.50. The molecule has 0 radical (unpaired) electrons. The molecule has 12 heteroatoms. The molecule has 1 aromatic carbocycles. The van der Waals surface area contributed by atoms with E-state index in [4.69, 9.17) is 10.3 Å². The van der Waals surface area contributed by atoms with Crippen molar-refractivity contribution < 1.29 is 22.7 Å². The Kier molecular flexibility index (Phi) is 6.19. The van der Waals surface area contributed by atoms with Gasteiger partial charge in [0, 0.05) is 43.4 Å². The molecule has 0 atom stereocenters. The van der Waals surface area contributed by atoms with Gasteiger partial charge in [-0.05, 0) is 32.9 Å². The highest BCUT2D eigenvalue weighted by Gasteiger charge is 2.32. The molecule has 1 aliphatic rings. The minimum atomic E-state index is -3.75. The highest BCUT2D eigenvalue weighted by molar-refractivity contribution is 7.89. The predicted molar refractivity (Wildman–Crippen MR) is 106 cm³/mol. The third-order valence-electron chi connectivity index (χ3n) is 5.07. The average Bonchev–Trinajstić information content (AvgIpc) is 2.88. The molecule has 3 rings (SSSR count). The average molecular weight is 437 g/mol. The third kappa shape index (κ3) is 4.35. The first kappa shape index (κ1) is 21.9. The number of nitrogens with two attached hydrogens (primary N) is 1. The van der Waals surface area contributed by atoms with Crippen LogP contribution in [0.5, 0.6) is 0 Å². The number of primary amides is 1. The zero-order valence-electron chi connectivity index (χ0n) is 16.7. The number of nitro benzene ring substituents is 1. The van der Waals surface area contributed by atoms with Crippen LogP contribution in [0, 0.1) is 24.0 Å². The van der Waals surface area contributed by atoms with E-state index in [1.54, 1.807) is 13.8 Å². The minimum Gasteiger partial charge on any atom is -0.366 e. The minimum absolute atomic E-state index is 0.0676. The largest absolute Gasteiger partial charge is 0.366 e. The summed E-state index contributed by atoms with van der Waals surface area (Å²) >= 11 is 0. The highest BCUT2D eigenvalue weighted by atomic mass is 32.2. The van der Waals surface area contributed by atoms with Crippen molar-refractivity contribution in [1.29, 1.82) is 0 Å². The Bertz CT molecular complexity index is 1060. The predicted octanol–water partition coefficient (Wildman–Crippen LogP) is 1.20. The van der Waals surface area contributed by atoms with Gasteiger partial charge in [0.05, 0.1) is 4.92 Å². The van der Waals surface area contributed by atoms with Crippen LogP contribution in [-0.2, 0) is 16.6 Å². The number of amides is 1. The molecule has 2 N–H and O–H groups in total. The molecule has 1 aromatic heterocycles. The van der Waals surface area contributed by atoms with Crippen molar-refractivity contribution in [1.82, 2.24) is 14.4 Å². The van der Waals surface area contributed by atoms with Gasteiger partial charge in [-0.1, -0.05) is 11.2 Å².